The van der Waals surface area contributed by atoms with Crippen LogP contribution in [0, 0.1) is 5.82 Å². The van der Waals surface area contributed by atoms with E-state index in [1.807, 2.05) is 0 Å². The van der Waals surface area contributed by atoms with Crippen LogP contribution in [0.3, 0.4) is 0 Å². The Bertz CT molecular complexity index is 1040. The summed E-state index contributed by atoms with van der Waals surface area (Å²) in [6.07, 6.45) is -6.67. The summed E-state index contributed by atoms with van der Waals surface area (Å²) in [6, 6.07) is 0. The molecule has 1 aromatic heterocycles. The van der Waals surface area contributed by atoms with E-state index in [4.69, 9.17) is 14.5 Å². The van der Waals surface area contributed by atoms with Gasteiger partial charge in [-0.15, -0.1) is 0 Å². The molecule has 3 rings (SSSR count). The summed E-state index contributed by atoms with van der Waals surface area (Å²) in [4.78, 5) is 42.7. The Balaban J connectivity index is 1.76. The van der Waals surface area contributed by atoms with Crippen molar-refractivity contribution in [1.82, 2.24) is 9.55 Å². The van der Waals surface area contributed by atoms with Crippen molar-refractivity contribution in [3.05, 3.63) is 32.9 Å². The van der Waals surface area contributed by atoms with Crippen LogP contribution in [0.4, 0.5) is 4.39 Å². The number of rotatable bonds is 4. The average molecular weight is 484 g/mol. The van der Waals surface area contributed by atoms with Crippen molar-refractivity contribution in [2.45, 2.75) is 24.5 Å². The number of ether oxygens (including phenoxy) is 1. The molecule has 6 atom stereocenters. The Morgan fingerprint density at radius 1 is 1.10 bits per heavy atom. The second-order valence-electron chi connectivity index (χ2n) is 5.61. The summed E-state index contributed by atoms with van der Waals surface area (Å²) in [5.41, 5.74) is -2.53. The van der Waals surface area contributed by atoms with Crippen molar-refractivity contribution in [2.24, 2.45) is 0 Å². The lowest BCUT2D eigenvalue weighted by Gasteiger charge is -2.27. The normalized spacial score (nSPS) is 42.8. The fourth-order valence-corrected chi connectivity index (χ4v) is 7.32. The minimum absolute atomic E-state index is 0.405. The smallest absolute Gasteiger partial charge is 0.387 e. The zero-order valence-electron chi connectivity index (χ0n) is 13.6. The van der Waals surface area contributed by atoms with Crippen LogP contribution in [-0.4, -0.2) is 54.5 Å². The van der Waals surface area contributed by atoms with E-state index in [-0.39, 0.29) is 0 Å². The zero-order valence-corrected chi connectivity index (χ0v) is 16.3. The third-order valence-electron chi connectivity index (χ3n) is 3.55. The van der Waals surface area contributed by atoms with Crippen LogP contribution >= 0.6 is 23.5 Å². The summed E-state index contributed by atoms with van der Waals surface area (Å²) in [5, 5.41) is 20.0. The van der Waals surface area contributed by atoms with Gasteiger partial charge in [0.1, 0.15) is 18.3 Å². The van der Waals surface area contributed by atoms with E-state index >= 15 is 0 Å². The van der Waals surface area contributed by atoms with E-state index in [9.17, 15) is 37.9 Å². The largest absolute Gasteiger partial charge is 0.492 e. The molecule has 20 heteroatoms. The number of H-pyrrole nitrogens is 1. The van der Waals surface area contributed by atoms with Gasteiger partial charge in [0.2, 0.25) is 5.82 Å². The van der Waals surface area contributed by atoms with Crippen molar-refractivity contribution in [3.63, 3.8) is 0 Å². The van der Waals surface area contributed by atoms with Crippen LogP contribution in [0.15, 0.2) is 15.8 Å². The second kappa shape index (κ2) is 7.57. The lowest BCUT2D eigenvalue weighted by atomic mass is 10.1. The second-order valence-corrected chi connectivity index (χ2v) is 10.6. The van der Waals surface area contributed by atoms with Crippen LogP contribution in [0.25, 0.3) is 0 Å². The van der Waals surface area contributed by atoms with E-state index in [1.54, 1.807) is 4.98 Å². The molecule has 2 unspecified atom stereocenters. The summed E-state index contributed by atoms with van der Waals surface area (Å²) in [7, 11) is -15.8. The molecule has 2 aliphatic heterocycles. The molecule has 1 aromatic rings. The summed E-state index contributed by atoms with van der Waals surface area (Å²) in [6.45, 7) is -1.02. The fraction of sp³-hybridized carbons (Fsp3) is 0.556. The molecule has 2 fully saturated rings. The minimum atomic E-state index is -5.29. The molecule has 2 saturated heterocycles. The molecule has 2 aliphatic rings. The molecule has 0 aromatic carbocycles. The SMILES string of the molecule is O=c1[nH]c(=O)n([C@@H]2O[C@H](COP3(=O)OP(=O)(O)OP(=O)(O)O3)[C@@H](O)[C@H]2O)cc1F. The van der Waals surface area contributed by atoms with Crippen molar-refractivity contribution in [1.29, 1.82) is 0 Å². The molecule has 164 valence electrons. The molecule has 29 heavy (non-hydrogen) atoms. The number of phosphoric acid groups is 3. The van der Waals surface area contributed by atoms with Gasteiger partial charge in [-0.05, 0) is 0 Å². The number of aromatic amines is 1. The monoisotopic (exact) mass is 484 g/mol. The van der Waals surface area contributed by atoms with Crippen LogP contribution in [0.2, 0.25) is 0 Å². The number of hydrogen-bond donors (Lipinski definition) is 5. The Morgan fingerprint density at radius 2 is 1.69 bits per heavy atom. The molecular weight excluding hydrogens is 472 g/mol. The fourth-order valence-electron chi connectivity index (χ4n) is 2.39. The standard InChI is InChI=1S/C9H12FN2O14P3/c10-3-1-12(9(16)11-7(3)15)8-6(14)5(13)4(23-8)2-22-29(21)25-27(17,18)24-28(19,20)26-29/h1,4-6,8,13-14H,2H2,(H,17,18)(H,19,20)(H,11,15,16)/t4-,5-,6-,8-/m1/s1. The lowest BCUT2D eigenvalue weighted by Crippen LogP contribution is -2.38. The molecule has 16 nitrogen and oxygen atoms in total. The van der Waals surface area contributed by atoms with E-state index in [1.165, 1.54) is 0 Å². The van der Waals surface area contributed by atoms with Crippen molar-refractivity contribution in [3.8, 4) is 0 Å². The number of aliphatic hydroxyl groups is 2. The molecule has 0 saturated carbocycles. The molecule has 0 spiro atoms. The van der Waals surface area contributed by atoms with Gasteiger partial charge in [0.25, 0.3) is 5.56 Å². The van der Waals surface area contributed by atoms with Gasteiger partial charge in [-0.2, -0.15) is 17.3 Å². The highest BCUT2D eigenvalue weighted by Gasteiger charge is 2.55. The Labute approximate surface area is 158 Å². The van der Waals surface area contributed by atoms with Crippen LogP contribution < -0.4 is 11.2 Å². The topological polar surface area (TPSA) is 233 Å². The van der Waals surface area contributed by atoms with Gasteiger partial charge in [-0.25, -0.2) is 18.5 Å². The van der Waals surface area contributed by atoms with Crippen molar-refractivity contribution in [2.75, 3.05) is 6.61 Å². The van der Waals surface area contributed by atoms with Crippen LogP contribution in [-0.2, 0) is 35.9 Å². The molecule has 0 bridgehead atoms. The number of halogens is 1. The van der Waals surface area contributed by atoms with E-state index in [0.717, 1.165) is 0 Å². The van der Waals surface area contributed by atoms with Gasteiger partial charge >= 0.3 is 29.2 Å². The van der Waals surface area contributed by atoms with Gasteiger partial charge < -0.3 is 24.7 Å². The summed E-state index contributed by atoms with van der Waals surface area (Å²) < 4.78 is 70.0. The Kier molecular flexibility index (Phi) is 5.90. The Hall–Kier alpha value is -1.06. The maximum Gasteiger partial charge on any atom is 0.492 e. The van der Waals surface area contributed by atoms with Gasteiger partial charge in [0.15, 0.2) is 6.23 Å². The highest BCUT2D eigenvalue weighted by molar-refractivity contribution is 7.74. The quantitative estimate of drug-likeness (QED) is 0.312. The number of aliphatic hydroxyl groups excluding tert-OH is 2. The highest BCUT2D eigenvalue weighted by Crippen LogP contribution is 2.80. The maximum absolute atomic E-state index is 13.4. The van der Waals surface area contributed by atoms with Crippen LogP contribution in [0.1, 0.15) is 6.23 Å². The molecular formula is C9H12FN2O14P3. The summed E-state index contributed by atoms with van der Waals surface area (Å²) in [5.74, 6) is -1.40. The number of hydrogen-bond acceptors (Lipinski definition) is 12. The summed E-state index contributed by atoms with van der Waals surface area (Å²) >= 11 is 0. The van der Waals surface area contributed by atoms with Crippen LogP contribution in [0.5, 0.6) is 0 Å². The maximum atomic E-state index is 13.4. The molecule has 0 aliphatic carbocycles. The predicted molar refractivity (Wildman–Crippen MR) is 83.7 cm³/mol. The minimum Gasteiger partial charge on any atom is -0.387 e. The van der Waals surface area contributed by atoms with E-state index in [2.05, 4.69) is 17.5 Å². The zero-order chi connectivity index (χ0) is 21.8. The van der Waals surface area contributed by atoms with Gasteiger partial charge in [-0.1, -0.05) is 0 Å². The average Bonchev–Trinajstić information content (AvgIpc) is 2.81. The molecule has 0 radical (unpaired) electrons. The van der Waals surface area contributed by atoms with Gasteiger partial charge in [0.05, 0.1) is 12.8 Å². The van der Waals surface area contributed by atoms with E-state index < -0.39 is 71.7 Å². The molecule has 3 heterocycles. The first kappa shape index (κ1) is 22.6. The van der Waals surface area contributed by atoms with Crippen molar-refractivity contribution >= 4 is 23.5 Å². The predicted octanol–water partition coefficient (Wildman–Crippen LogP) is -1.32. The Morgan fingerprint density at radius 3 is 2.28 bits per heavy atom. The highest BCUT2D eigenvalue weighted by atomic mass is 31.3. The first-order chi connectivity index (χ1) is 13.2. The number of aromatic nitrogens is 2. The molecule has 0 amide bonds. The van der Waals surface area contributed by atoms with Gasteiger partial charge in [0, 0.05) is 0 Å². The molecule has 5 N–H and O–H groups in total. The first-order valence-corrected chi connectivity index (χ1v) is 11.7. The number of nitrogens with zero attached hydrogens (tertiary/aromatic N) is 1. The van der Waals surface area contributed by atoms with Gasteiger partial charge in [-0.3, -0.25) is 18.9 Å². The lowest BCUT2D eigenvalue weighted by molar-refractivity contribution is -0.0549. The first-order valence-electron chi connectivity index (χ1n) is 7.29. The third kappa shape index (κ3) is 4.82. The van der Waals surface area contributed by atoms with Crippen molar-refractivity contribution < 1.29 is 60.3 Å². The number of nitrogens with one attached hydrogen (secondary N) is 1. The van der Waals surface area contributed by atoms with E-state index in [0.29, 0.717) is 10.8 Å². The third-order valence-corrected chi connectivity index (χ3v) is 8.91.